The lowest BCUT2D eigenvalue weighted by Crippen LogP contribution is -2.11. The van der Waals surface area contributed by atoms with Crippen LogP contribution < -0.4 is 0 Å². The lowest BCUT2D eigenvalue weighted by atomic mass is 10.1. The quantitative estimate of drug-likeness (QED) is 0.299. The van der Waals surface area contributed by atoms with E-state index in [9.17, 15) is 17.9 Å². The van der Waals surface area contributed by atoms with E-state index < -0.39 is 25.8 Å². The minimum atomic E-state index is -4.60. The molecule has 6 nitrogen and oxygen atoms in total. The van der Waals surface area contributed by atoms with Crippen LogP contribution in [0.5, 0.6) is 0 Å². The van der Waals surface area contributed by atoms with Crippen LogP contribution in [0, 0.1) is 4.91 Å². The minimum Gasteiger partial charge on any atom is -0.282 e. The van der Waals surface area contributed by atoms with Crippen molar-refractivity contribution in [3.63, 3.8) is 0 Å². The number of benzene rings is 3. The second-order valence-electron chi connectivity index (χ2n) is 6.50. The van der Waals surface area contributed by atoms with E-state index in [1.807, 2.05) is 66.9 Å². The van der Waals surface area contributed by atoms with Gasteiger partial charge in [0.2, 0.25) is 0 Å². The van der Waals surface area contributed by atoms with Crippen LogP contribution >= 0.6 is 22.5 Å². The van der Waals surface area contributed by atoms with E-state index in [1.165, 1.54) is 30.0 Å². The normalized spacial score (nSPS) is 15.7. The number of thioether (sulfide) groups is 1. The average molecular weight is 473 g/mol. The summed E-state index contributed by atoms with van der Waals surface area (Å²) in [5, 5.41) is 0. The molecule has 3 aromatic carbocycles. The lowest BCUT2D eigenvalue weighted by molar-refractivity contribution is -0.695. The summed E-state index contributed by atoms with van der Waals surface area (Å²) in [4.78, 5) is 13.5. The molecule has 0 saturated carbocycles. The van der Waals surface area contributed by atoms with Gasteiger partial charge in [0, 0.05) is 11.6 Å². The second kappa shape index (κ2) is 8.80. The van der Waals surface area contributed by atoms with Crippen molar-refractivity contribution in [2.24, 2.45) is 0 Å². The number of para-hydroxylation sites is 1. The van der Waals surface area contributed by atoms with E-state index in [0.717, 1.165) is 31.9 Å². The number of rotatable bonds is 5. The van der Waals surface area contributed by atoms with Crippen LogP contribution in [0.25, 0.3) is 11.0 Å². The van der Waals surface area contributed by atoms with Gasteiger partial charge in [-0.1, -0.05) is 66.7 Å². The first-order valence-electron chi connectivity index (χ1n) is 9.14. The smallest absolute Gasteiger partial charge is 0.282 e. The van der Waals surface area contributed by atoms with Crippen molar-refractivity contribution in [1.82, 2.24) is 0 Å². The predicted molar refractivity (Wildman–Crippen MR) is 127 cm³/mol. The molecule has 1 atom stereocenters. The van der Waals surface area contributed by atoms with Crippen molar-refractivity contribution in [1.29, 1.82) is 0 Å². The number of hydrogen-bond acceptors (Lipinski definition) is 5. The first-order chi connectivity index (χ1) is 14.9. The minimum absolute atomic E-state index is 0.174. The van der Waals surface area contributed by atoms with Gasteiger partial charge in [-0.25, -0.2) is 0 Å². The van der Waals surface area contributed by atoms with Gasteiger partial charge < -0.3 is 0 Å². The molecule has 1 N–H and O–H groups in total. The van der Waals surface area contributed by atoms with E-state index in [0.29, 0.717) is 0 Å². The van der Waals surface area contributed by atoms with Crippen molar-refractivity contribution in [2.45, 2.75) is 4.90 Å². The molecular weight excluding hydrogens is 454 g/mol. The maximum absolute atomic E-state index is 13.0. The molecule has 0 amide bonds. The summed E-state index contributed by atoms with van der Waals surface area (Å²) in [7, 11) is -5.72. The Morgan fingerprint density at radius 1 is 0.935 bits per heavy atom. The fourth-order valence-corrected chi connectivity index (χ4v) is 6.75. The Balaban J connectivity index is 1.86. The Morgan fingerprint density at radius 2 is 1.58 bits per heavy atom. The monoisotopic (exact) mass is 472 g/mol. The molecule has 1 heterocycles. The van der Waals surface area contributed by atoms with Gasteiger partial charge in [0.25, 0.3) is 4.92 Å². The van der Waals surface area contributed by atoms with Crippen LogP contribution in [0.1, 0.15) is 16.7 Å². The molecule has 3 aromatic rings. The van der Waals surface area contributed by atoms with Crippen LogP contribution in [0.2, 0.25) is 0 Å². The highest BCUT2D eigenvalue weighted by Gasteiger charge is 2.33. The Labute approximate surface area is 187 Å². The SMILES string of the molecule is CSC1=S(O[N+](=O)c2ccccc2S(=O)(=O)O)C(c2ccccc2)=Cc2ccccc21. The molecule has 0 aliphatic carbocycles. The zero-order chi connectivity index (χ0) is 22.0. The first kappa shape index (κ1) is 21.5. The fourth-order valence-electron chi connectivity index (χ4n) is 3.19. The van der Waals surface area contributed by atoms with Crippen LogP contribution in [0.3, 0.4) is 0 Å². The fraction of sp³-hybridized carbons (Fsp3) is 0.0455. The Hall–Kier alpha value is -2.72. The van der Waals surface area contributed by atoms with Crippen molar-refractivity contribution in [3.8, 4) is 0 Å². The van der Waals surface area contributed by atoms with Gasteiger partial charge >= 0.3 is 15.8 Å². The number of nitrogens with zero attached hydrogens (tertiary/aromatic N) is 1. The first-order valence-corrected chi connectivity index (χ1v) is 13.0. The Morgan fingerprint density at radius 3 is 2.29 bits per heavy atom. The van der Waals surface area contributed by atoms with E-state index in [2.05, 4.69) is 0 Å². The third kappa shape index (κ3) is 4.35. The maximum atomic E-state index is 13.0. The summed E-state index contributed by atoms with van der Waals surface area (Å²) >= 11 is 1.47. The highest BCUT2D eigenvalue weighted by Crippen LogP contribution is 2.46. The average Bonchev–Trinajstić information content (AvgIpc) is 2.78. The Kier molecular flexibility index (Phi) is 6.10. The summed E-state index contributed by atoms with van der Waals surface area (Å²) in [6.45, 7) is 0. The van der Waals surface area contributed by atoms with Gasteiger partial charge in [0.05, 0.1) is 14.0 Å². The molecular formula is C22H18NO5S3+. The van der Waals surface area contributed by atoms with Gasteiger partial charge in [0.15, 0.2) is 4.90 Å². The molecule has 9 heteroatoms. The lowest BCUT2D eigenvalue weighted by Gasteiger charge is -2.20. The third-order valence-corrected chi connectivity index (χ3v) is 8.60. The van der Waals surface area contributed by atoms with Gasteiger partial charge in [-0.2, -0.15) is 8.42 Å². The highest BCUT2D eigenvalue weighted by molar-refractivity contribution is 8.36. The molecule has 0 spiro atoms. The molecule has 0 saturated heterocycles. The zero-order valence-electron chi connectivity index (χ0n) is 16.3. The van der Waals surface area contributed by atoms with E-state index >= 15 is 0 Å². The topological polar surface area (TPSA) is 83.7 Å². The highest BCUT2D eigenvalue weighted by atomic mass is 32.2. The van der Waals surface area contributed by atoms with Crippen molar-refractivity contribution in [3.05, 3.63) is 100 Å². The van der Waals surface area contributed by atoms with Crippen molar-refractivity contribution >= 4 is 53.5 Å². The molecule has 1 unspecified atom stereocenters. The van der Waals surface area contributed by atoms with Crippen molar-refractivity contribution in [2.75, 3.05) is 6.26 Å². The van der Waals surface area contributed by atoms with Gasteiger partial charge in [0.1, 0.15) is 10.8 Å². The summed E-state index contributed by atoms with van der Waals surface area (Å²) in [5.74, 6) is 0. The summed E-state index contributed by atoms with van der Waals surface area (Å²) in [6.07, 6.45) is 3.89. The predicted octanol–water partition coefficient (Wildman–Crippen LogP) is 5.51. The standard InChI is InChI=1S/C22H17NO5S3/c1-29-22-18-12-6-5-11-17(18)15-20(16-9-3-2-4-10-16)30(22)28-23(24)19-13-7-8-14-21(19)31(25,26)27/h2-15H,1H3/p+1. The number of hydrogen-bond donors (Lipinski definition) is 1. The molecule has 1 aliphatic rings. The molecule has 4 rings (SSSR count). The number of fused-ring (bicyclic) bond motifs is 1. The summed E-state index contributed by atoms with van der Waals surface area (Å²) in [5.41, 5.74) is 2.57. The van der Waals surface area contributed by atoms with E-state index in [-0.39, 0.29) is 10.6 Å². The van der Waals surface area contributed by atoms with Gasteiger partial charge in [-0.05, 0) is 29.5 Å². The molecule has 158 valence electrons. The van der Waals surface area contributed by atoms with Crippen LogP contribution in [-0.2, 0) is 14.4 Å². The van der Waals surface area contributed by atoms with Crippen LogP contribution in [0.15, 0.2) is 83.8 Å². The van der Waals surface area contributed by atoms with Crippen LogP contribution in [0.4, 0.5) is 5.69 Å². The van der Waals surface area contributed by atoms with Gasteiger partial charge in [-0.15, -0.1) is 16.0 Å². The zero-order valence-corrected chi connectivity index (χ0v) is 18.8. The van der Waals surface area contributed by atoms with E-state index in [1.54, 1.807) is 0 Å². The molecule has 1 aliphatic heterocycles. The van der Waals surface area contributed by atoms with E-state index in [4.69, 9.17) is 4.28 Å². The summed E-state index contributed by atoms with van der Waals surface area (Å²) < 4.78 is 39.7. The molecule has 0 radical (unpaired) electrons. The third-order valence-electron chi connectivity index (χ3n) is 4.56. The maximum Gasteiger partial charge on any atom is 0.338 e. The largest absolute Gasteiger partial charge is 0.338 e. The summed E-state index contributed by atoms with van der Waals surface area (Å²) in [6, 6.07) is 22.8. The van der Waals surface area contributed by atoms with Gasteiger partial charge in [-0.3, -0.25) is 4.55 Å². The second-order valence-corrected chi connectivity index (χ2v) is 10.5. The molecule has 31 heavy (non-hydrogen) atoms. The Bertz CT molecular complexity index is 1330. The van der Waals surface area contributed by atoms with Crippen molar-refractivity contribution < 1.29 is 22.2 Å². The van der Waals surface area contributed by atoms with Crippen LogP contribution in [-0.4, -0.2) is 28.3 Å². The molecule has 0 bridgehead atoms. The molecule has 0 fully saturated rings. The molecule has 0 aromatic heterocycles.